The smallest absolute Gasteiger partial charge is 0.245 e. The second kappa shape index (κ2) is 8.32. The monoisotopic (exact) mass is 328 g/mol. The van der Waals surface area contributed by atoms with Crippen LogP contribution in [0.3, 0.4) is 0 Å². The first-order chi connectivity index (χ1) is 11.7. The van der Waals surface area contributed by atoms with Gasteiger partial charge in [0.2, 0.25) is 11.8 Å². The third-order valence-electron chi connectivity index (χ3n) is 5.28. The molecule has 2 fully saturated rings. The molecule has 0 bridgehead atoms. The minimum atomic E-state index is -0.431. The molecule has 1 saturated heterocycles. The van der Waals surface area contributed by atoms with Crippen LogP contribution in [0.2, 0.25) is 0 Å². The maximum atomic E-state index is 12.8. The standard InChI is InChI=1S/C20H28N2O2/c23-19(15-17-10-4-5-11-17)21-18(14-16-8-2-1-3-9-16)20(24)22-12-6-7-13-22/h1-3,8-9,17-18H,4-7,10-15H2,(H,21,23)/t18-/m1/s1. The zero-order valence-electron chi connectivity index (χ0n) is 14.4. The lowest BCUT2D eigenvalue weighted by Crippen LogP contribution is -2.49. The fraction of sp³-hybridized carbons (Fsp3) is 0.600. The van der Waals surface area contributed by atoms with Crippen LogP contribution in [0.5, 0.6) is 0 Å². The second-order valence-electron chi connectivity index (χ2n) is 7.20. The number of nitrogens with one attached hydrogen (secondary N) is 1. The lowest BCUT2D eigenvalue weighted by atomic mass is 10.0. The second-order valence-corrected chi connectivity index (χ2v) is 7.20. The van der Waals surface area contributed by atoms with Gasteiger partial charge in [-0.25, -0.2) is 0 Å². The molecule has 1 heterocycles. The van der Waals surface area contributed by atoms with Gasteiger partial charge >= 0.3 is 0 Å². The summed E-state index contributed by atoms with van der Waals surface area (Å²) >= 11 is 0. The van der Waals surface area contributed by atoms with Gasteiger partial charge in [0.15, 0.2) is 0 Å². The van der Waals surface area contributed by atoms with E-state index in [1.807, 2.05) is 35.2 Å². The molecule has 4 heteroatoms. The van der Waals surface area contributed by atoms with E-state index in [-0.39, 0.29) is 11.8 Å². The lowest BCUT2D eigenvalue weighted by molar-refractivity contribution is -0.135. The average Bonchev–Trinajstić information content (AvgIpc) is 3.28. The normalized spacial score (nSPS) is 19.4. The van der Waals surface area contributed by atoms with E-state index in [0.29, 0.717) is 18.8 Å². The van der Waals surface area contributed by atoms with Crippen LogP contribution in [0.4, 0.5) is 0 Å². The van der Waals surface area contributed by atoms with Crippen LogP contribution >= 0.6 is 0 Å². The summed E-state index contributed by atoms with van der Waals surface area (Å²) in [5, 5.41) is 3.04. The number of rotatable bonds is 6. The quantitative estimate of drug-likeness (QED) is 0.873. The van der Waals surface area contributed by atoms with Crippen LogP contribution in [-0.4, -0.2) is 35.8 Å². The van der Waals surface area contributed by atoms with E-state index in [0.717, 1.165) is 44.3 Å². The topological polar surface area (TPSA) is 49.4 Å². The Morgan fingerprint density at radius 1 is 1.04 bits per heavy atom. The van der Waals surface area contributed by atoms with Crippen molar-refractivity contribution >= 4 is 11.8 Å². The predicted molar refractivity (Wildman–Crippen MR) is 94.5 cm³/mol. The number of amides is 2. The van der Waals surface area contributed by atoms with Crippen molar-refractivity contribution in [1.82, 2.24) is 10.2 Å². The molecule has 2 amide bonds. The number of likely N-dealkylation sites (tertiary alicyclic amines) is 1. The van der Waals surface area contributed by atoms with Crippen LogP contribution < -0.4 is 5.32 Å². The highest BCUT2D eigenvalue weighted by atomic mass is 16.2. The van der Waals surface area contributed by atoms with Gasteiger partial charge in [-0.2, -0.15) is 0 Å². The molecule has 1 aromatic rings. The van der Waals surface area contributed by atoms with Gasteiger partial charge in [0.05, 0.1) is 0 Å². The summed E-state index contributed by atoms with van der Waals surface area (Å²) in [6, 6.07) is 9.54. The SMILES string of the molecule is O=C(CC1CCCC1)N[C@H](Cc1ccccc1)C(=O)N1CCCC1. The molecule has 1 N–H and O–H groups in total. The lowest BCUT2D eigenvalue weighted by Gasteiger charge is -2.24. The summed E-state index contributed by atoms with van der Waals surface area (Å²) in [7, 11) is 0. The molecule has 0 radical (unpaired) electrons. The van der Waals surface area contributed by atoms with E-state index >= 15 is 0 Å². The zero-order chi connectivity index (χ0) is 16.8. The first kappa shape index (κ1) is 17.0. The van der Waals surface area contributed by atoms with Crippen molar-refractivity contribution < 1.29 is 9.59 Å². The molecule has 1 aliphatic heterocycles. The minimum Gasteiger partial charge on any atom is -0.344 e. The zero-order valence-corrected chi connectivity index (χ0v) is 14.4. The number of hydrogen-bond acceptors (Lipinski definition) is 2. The fourth-order valence-electron chi connectivity index (χ4n) is 3.94. The first-order valence-electron chi connectivity index (χ1n) is 9.34. The molecule has 0 unspecified atom stereocenters. The fourth-order valence-corrected chi connectivity index (χ4v) is 3.94. The number of nitrogens with zero attached hydrogens (tertiary/aromatic N) is 1. The number of carbonyl (C=O) groups excluding carboxylic acids is 2. The Hall–Kier alpha value is -1.84. The van der Waals surface area contributed by atoms with Crippen LogP contribution in [0, 0.1) is 5.92 Å². The molecular formula is C20H28N2O2. The molecule has 2 aliphatic rings. The molecule has 4 nitrogen and oxygen atoms in total. The Bertz CT molecular complexity index is 546. The van der Waals surface area contributed by atoms with Crippen LogP contribution in [0.25, 0.3) is 0 Å². The third kappa shape index (κ3) is 4.59. The highest BCUT2D eigenvalue weighted by Gasteiger charge is 2.29. The van der Waals surface area contributed by atoms with E-state index in [1.54, 1.807) is 0 Å². The van der Waals surface area contributed by atoms with Crippen molar-refractivity contribution in [3.8, 4) is 0 Å². The van der Waals surface area contributed by atoms with Gasteiger partial charge in [0.1, 0.15) is 6.04 Å². The van der Waals surface area contributed by atoms with Crippen LogP contribution in [-0.2, 0) is 16.0 Å². The van der Waals surface area contributed by atoms with Crippen molar-refractivity contribution in [1.29, 1.82) is 0 Å². The van der Waals surface area contributed by atoms with E-state index in [1.165, 1.54) is 12.8 Å². The number of hydrogen-bond donors (Lipinski definition) is 1. The Morgan fingerprint density at radius 2 is 1.71 bits per heavy atom. The van der Waals surface area contributed by atoms with Gasteiger partial charge in [0.25, 0.3) is 0 Å². The highest BCUT2D eigenvalue weighted by Crippen LogP contribution is 2.27. The summed E-state index contributed by atoms with van der Waals surface area (Å²) < 4.78 is 0. The van der Waals surface area contributed by atoms with Crippen molar-refractivity contribution in [2.24, 2.45) is 5.92 Å². The summed E-state index contributed by atoms with van der Waals surface area (Å²) in [6.07, 6.45) is 8.05. The van der Waals surface area contributed by atoms with Gasteiger partial charge in [-0.1, -0.05) is 43.2 Å². The van der Waals surface area contributed by atoms with Crippen LogP contribution in [0.1, 0.15) is 50.5 Å². The molecule has 1 aliphatic carbocycles. The molecule has 1 atom stereocenters. The van der Waals surface area contributed by atoms with Gasteiger partial charge in [0, 0.05) is 25.9 Å². The van der Waals surface area contributed by atoms with Gasteiger partial charge in [-0.15, -0.1) is 0 Å². The summed E-state index contributed by atoms with van der Waals surface area (Å²) in [6.45, 7) is 1.64. The molecule has 1 aromatic carbocycles. The molecule has 0 spiro atoms. The van der Waals surface area contributed by atoms with E-state index in [4.69, 9.17) is 0 Å². The van der Waals surface area contributed by atoms with Crippen molar-refractivity contribution in [3.63, 3.8) is 0 Å². The summed E-state index contributed by atoms with van der Waals surface area (Å²) in [5.41, 5.74) is 1.09. The average molecular weight is 328 g/mol. The molecule has 1 saturated carbocycles. The summed E-state index contributed by atoms with van der Waals surface area (Å²) in [4.78, 5) is 27.2. The Kier molecular flexibility index (Phi) is 5.89. The molecule has 0 aromatic heterocycles. The van der Waals surface area contributed by atoms with Gasteiger partial charge in [-0.05, 0) is 37.2 Å². The molecule has 3 rings (SSSR count). The number of carbonyl (C=O) groups is 2. The highest BCUT2D eigenvalue weighted by molar-refractivity contribution is 5.88. The third-order valence-corrected chi connectivity index (χ3v) is 5.28. The Balaban J connectivity index is 1.63. The minimum absolute atomic E-state index is 0.0374. The van der Waals surface area contributed by atoms with Crippen molar-refractivity contribution in [3.05, 3.63) is 35.9 Å². The molecular weight excluding hydrogens is 300 g/mol. The predicted octanol–water partition coefficient (Wildman–Crippen LogP) is 2.92. The van der Waals surface area contributed by atoms with E-state index < -0.39 is 6.04 Å². The van der Waals surface area contributed by atoms with Gasteiger partial charge in [-0.3, -0.25) is 9.59 Å². The van der Waals surface area contributed by atoms with Crippen LogP contribution in [0.15, 0.2) is 30.3 Å². The van der Waals surface area contributed by atoms with E-state index in [2.05, 4.69) is 5.32 Å². The van der Waals surface area contributed by atoms with Crippen molar-refractivity contribution in [2.45, 2.75) is 57.4 Å². The molecule has 24 heavy (non-hydrogen) atoms. The van der Waals surface area contributed by atoms with Gasteiger partial charge < -0.3 is 10.2 Å². The molecule has 130 valence electrons. The Morgan fingerprint density at radius 3 is 2.38 bits per heavy atom. The summed E-state index contributed by atoms with van der Waals surface area (Å²) in [5.74, 6) is 0.621. The maximum Gasteiger partial charge on any atom is 0.245 e. The van der Waals surface area contributed by atoms with E-state index in [9.17, 15) is 9.59 Å². The largest absolute Gasteiger partial charge is 0.344 e. The number of benzene rings is 1. The first-order valence-corrected chi connectivity index (χ1v) is 9.34. The van der Waals surface area contributed by atoms with Crippen molar-refractivity contribution in [2.75, 3.05) is 13.1 Å². The Labute approximate surface area is 144 Å². The maximum absolute atomic E-state index is 12.8.